The van der Waals surface area contributed by atoms with Crippen LogP contribution in [0.5, 0.6) is 0 Å². The van der Waals surface area contributed by atoms with Gasteiger partial charge in [-0.05, 0) is 31.0 Å². The standard InChI is InChI=1S/C18H28N2O2/c1-4-19(5-2)17(15-9-7-6-8-10-15)18(22)20-12-11-14(3)16(21)13-20/h6-10,14,16-17,21H,4-5,11-13H2,1-3H3. The topological polar surface area (TPSA) is 43.8 Å². The minimum Gasteiger partial charge on any atom is -0.391 e. The Morgan fingerprint density at radius 3 is 2.50 bits per heavy atom. The van der Waals surface area contributed by atoms with E-state index in [1.807, 2.05) is 42.2 Å². The van der Waals surface area contributed by atoms with E-state index in [1.54, 1.807) is 0 Å². The number of β-amino-alcohol motifs (C(OH)–C–C–N with tert-alkyl or cyclic N) is 1. The van der Waals surface area contributed by atoms with Crippen LogP contribution in [0, 0.1) is 5.92 Å². The molecule has 3 unspecified atom stereocenters. The van der Waals surface area contributed by atoms with Gasteiger partial charge in [-0.2, -0.15) is 0 Å². The predicted molar refractivity (Wildman–Crippen MR) is 88.5 cm³/mol. The summed E-state index contributed by atoms with van der Waals surface area (Å²) in [5.41, 5.74) is 1.03. The number of benzene rings is 1. The van der Waals surface area contributed by atoms with Crippen molar-refractivity contribution in [2.24, 2.45) is 5.92 Å². The molecule has 0 spiro atoms. The van der Waals surface area contributed by atoms with Crippen LogP contribution in [0.2, 0.25) is 0 Å². The maximum Gasteiger partial charge on any atom is 0.244 e. The molecule has 0 saturated carbocycles. The lowest BCUT2D eigenvalue weighted by Gasteiger charge is -2.39. The average Bonchev–Trinajstić information content (AvgIpc) is 2.55. The van der Waals surface area contributed by atoms with Crippen molar-refractivity contribution >= 4 is 5.91 Å². The summed E-state index contributed by atoms with van der Waals surface area (Å²) in [6, 6.07) is 9.71. The molecule has 0 bridgehead atoms. The van der Waals surface area contributed by atoms with Crippen LogP contribution in [0.25, 0.3) is 0 Å². The van der Waals surface area contributed by atoms with Gasteiger partial charge in [0.2, 0.25) is 5.91 Å². The largest absolute Gasteiger partial charge is 0.391 e. The Morgan fingerprint density at radius 1 is 1.32 bits per heavy atom. The fourth-order valence-electron chi connectivity index (χ4n) is 3.16. The molecular weight excluding hydrogens is 276 g/mol. The van der Waals surface area contributed by atoms with Gasteiger partial charge in [0.25, 0.3) is 0 Å². The fraction of sp³-hybridized carbons (Fsp3) is 0.611. The number of carbonyl (C=O) groups is 1. The molecule has 1 aromatic rings. The maximum atomic E-state index is 13.1. The third kappa shape index (κ3) is 3.68. The van der Waals surface area contributed by atoms with Crippen molar-refractivity contribution in [1.82, 2.24) is 9.80 Å². The molecule has 4 heteroatoms. The van der Waals surface area contributed by atoms with Crippen LogP contribution in [0.4, 0.5) is 0 Å². The van der Waals surface area contributed by atoms with Gasteiger partial charge in [0.1, 0.15) is 6.04 Å². The number of aliphatic hydroxyl groups excluding tert-OH is 1. The molecule has 1 aromatic carbocycles. The second kappa shape index (κ2) is 7.75. The Kier molecular flexibility index (Phi) is 5.98. The molecule has 0 aromatic heterocycles. The van der Waals surface area contributed by atoms with Crippen LogP contribution in [-0.2, 0) is 4.79 Å². The average molecular weight is 304 g/mol. The monoisotopic (exact) mass is 304 g/mol. The molecule has 1 aliphatic heterocycles. The van der Waals surface area contributed by atoms with Crippen molar-refractivity contribution in [2.75, 3.05) is 26.2 Å². The van der Waals surface area contributed by atoms with Gasteiger partial charge in [-0.15, -0.1) is 0 Å². The first-order chi connectivity index (χ1) is 10.6. The van der Waals surface area contributed by atoms with E-state index in [1.165, 1.54) is 0 Å². The lowest BCUT2D eigenvalue weighted by atomic mass is 9.94. The number of likely N-dealkylation sites (tertiary alicyclic amines) is 1. The number of nitrogens with zero attached hydrogens (tertiary/aromatic N) is 2. The molecule has 22 heavy (non-hydrogen) atoms. The highest BCUT2D eigenvalue weighted by atomic mass is 16.3. The Hall–Kier alpha value is -1.39. The molecule has 1 N–H and O–H groups in total. The first-order valence-electron chi connectivity index (χ1n) is 8.34. The maximum absolute atomic E-state index is 13.1. The zero-order chi connectivity index (χ0) is 16.1. The highest BCUT2D eigenvalue weighted by Gasteiger charge is 2.34. The molecule has 1 saturated heterocycles. The van der Waals surface area contributed by atoms with Gasteiger partial charge < -0.3 is 10.0 Å². The number of hydrogen-bond donors (Lipinski definition) is 1. The Balaban J connectivity index is 2.23. The van der Waals surface area contributed by atoms with E-state index in [9.17, 15) is 9.90 Å². The third-order valence-electron chi connectivity index (χ3n) is 4.76. The van der Waals surface area contributed by atoms with E-state index < -0.39 is 6.10 Å². The Morgan fingerprint density at radius 2 is 1.95 bits per heavy atom. The van der Waals surface area contributed by atoms with Crippen molar-refractivity contribution in [2.45, 2.75) is 39.3 Å². The van der Waals surface area contributed by atoms with E-state index in [4.69, 9.17) is 0 Å². The second-order valence-electron chi connectivity index (χ2n) is 6.15. The van der Waals surface area contributed by atoms with E-state index >= 15 is 0 Å². The number of amides is 1. The van der Waals surface area contributed by atoms with Crippen molar-refractivity contribution in [1.29, 1.82) is 0 Å². The molecular formula is C18H28N2O2. The van der Waals surface area contributed by atoms with E-state index in [2.05, 4.69) is 18.7 Å². The number of carbonyl (C=O) groups excluding carboxylic acids is 1. The quantitative estimate of drug-likeness (QED) is 0.908. The molecule has 1 fully saturated rings. The molecule has 4 nitrogen and oxygen atoms in total. The second-order valence-corrected chi connectivity index (χ2v) is 6.15. The summed E-state index contributed by atoms with van der Waals surface area (Å²) in [5, 5.41) is 10.1. The number of likely N-dealkylation sites (N-methyl/N-ethyl adjacent to an activating group) is 1. The van der Waals surface area contributed by atoms with Crippen LogP contribution in [-0.4, -0.2) is 53.1 Å². The number of rotatable bonds is 5. The molecule has 2 rings (SSSR count). The molecule has 1 heterocycles. The molecule has 0 radical (unpaired) electrons. The minimum atomic E-state index is -0.411. The van der Waals surface area contributed by atoms with Crippen LogP contribution >= 0.6 is 0 Å². The minimum absolute atomic E-state index is 0.112. The highest BCUT2D eigenvalue weighted by molar-refractivity contribution is 5.83. The van der Waals surface area contributed by atoms with Gasteiger partial charge >= 0.3 is 0 Å². The summed E-state index contributed by atoms with van der Waals surface area (Å²) in [6.07, 6.45) is 0.456. The normalized spacial score (nSPS) is 23.6. The van der Waals surface area contributed by atoms with E-state index in [0.717, 1.165) is 31.6 Å². The predicted octanol–water partition coefficient (Wildman–Crippen LogP) is 2.30. The molecule has 122 valence electrons. The van der Waals surface area contributed by atoms with Gasteiger partial charge in [-0.25, -0.2) is 0 Å². The van der Waals surface area contributed by atoms with E-state index in [0.29, 0.717) is 6.54 Å². The third-order valence-corrected chi connectivity index (χ3v) is 4.76. The van der Waals surface area contributed by atoms with Gasteiger partial charge in [0, 0.05) is 13.1 Å². The zero-order valence-electron chi connectivity index (χ0n) is 13.9. The highest BCUT2D eigenvalue weighted by Crippen LogP contribution is 2.26. The summed E-state index contributed by atoms with van der Waals surface area (Å²) < 4.78 is 0. The van der Waals surface area contributed by atoms with Crippen molar-refractivity contribution in [3.05, 3.63) is 35.9 Å². The van der Waals surface area contributed by atoms with Gasteiger partial charge in [0.05, 0.1) is 6.10 Å². The fourth-order valence-corrected chi connectivity index (χ4v) is 3.16. The molecule has 1 aliphatic rings. The van der Waals surface area contributed by atoms with Crippen LogP contribution in [0.1, 0.15) is 38.8 Å². The molecule has 3 atom stereocenters. The van der Waals surface area contributed by atoms with Gasteiger partial charge in [-0.3, -0.25) is 9.69 Å². The summed E-state index contributed by atoms with van der Waals surface area (Å²) in [5.74, 6) is 0.383. The Bertz CT molecular complexity index is 473. The summed E-state index contributed by atoms with van der Waals surface area (Å²) >= 11 is 0. The van der Waals surface area contributed by atoms with Gasteiger partial charge in [0.15, 0.2) is 0 Å². The first kappa shape index (κ1) is 17.0. The lowest BCUT2D eigenvalue weighted by Crippen LogP contribution is -2.50. The van der Waals surface area contributed by atoms with Crippen molar-refractivity contribution in [3.8, 4) is 0 Å². The number of aliphatic hydroxyl groups is 1. The smallest absolute Gasteiger partial charge is 0.244 e. The van der Waals surface area contributed by atoms with Crippen LogP contribution in [0.15, 0.2) is 30.3 Å². The van der Waals surface area contributed by atoms with Crippen LogP contribution in [0.3, 0.4) is 0 Å². The number of piperidine rings is 1. The Labute approximate surface area is 133 Å². The SMILES string of the molecule is CCN(CC)C(C(=O)N1CCC(C)C(O)C1)c1ccccc1. The lowest BCUT2D eigenvalue weighted by molar-refractivity contribution is -0.141. The molecule has 0 aliphatic carbocycles. The summed E-state index contributed by atoms with van der Waals surface area (Å²) in [4.78, 5) is 17.1. The number of hydrogen-bond acceptors (Lipinski definition) is 3. The van der Waals surface area contributed by atoms with Crippen LogP contribution < -0.4 is 0 Å². The van der Waals surface area contributed by atoms with Crippen molar-refractivity contribution < 1.29 is 9.90 Å². The van der Waals surface area contributed by atoms with Gasteiger partial charge in [-0.1, -0.05) is 51.1 Å². The first-order valence-corrected chi connectivity index (χ1v) is 8.34. The summed E-state index contributed by atoms with van der Waals surface area (Å²) in [7, 11) is 0. The summed E-state index contributed by atoms with van der Waals surface area (Å²) in [6.45, 7) is 9.06. The zero-order valence-corrected chi connectivity index (χ0v) is 13.9. The van der Waals surface area contributed by atoms with Crippen molar-refractivity contribution in [3.63, 3.8) is 0 Å². The van der Waals surface area contributed by atoms with E-state index in [-0.39, 0.29) is 17.9 Å². The molecule has 1 amide bonds.